The molecule has 0 aliphatic heterocycles. The molecule has 4 aromatic rings. The molecule has 0 unspecified atom stereocenters. The minimum absolute atomic E-state index is 0.309. The lowest BCUT2D eigenvalue weighted by atomic mass is 9.85. The first kappa shape index (κ1) is 19.4. The van der Waals surface area contributed by atoms with Gasteiger partial charge in [0.05, 0.1) is 24.1 Å². The van der Waals surface area contributed by atoms with Gasteiger partial charge in [-0.05, 0) is 62.1 Å². The topological polar surface area (TPSA) is 138 Å². The number of imidazole rings is 1. The monoisotopic (exact) mass is 418 g/mol. The first-order valence-electron chi connectivity index (χ1n) is 10.7. The molecule has 5 N–H and O–H groups in total. The first-order valence-corrected chi connectivity index (χ1v) is 10.7. The molecule has 1 aromatic carbocycles. The van der Waals surface area contributed by atoms with Crippen molar-refractivity contribution in [3.63, 3.8) is 0 Å². The van der Waals surface area contributed by atoms with Crippen LogP contribution in [0.15, 0.2) is 36.5 Å². The second kappa shape index (κ2) is 7.95. The largest absolute Gasteiger partial charge is 0.382 e. The van der Waals surface area contributed by atoms with Gasteiger partial charge in [-0.25, -0.2) is 9.50 Å². The van der Waals surface area contributed by atoms with E-state index >= 15 is 0 Å². The molecule has 3 heterocycles. The molecule has 1 fully saturated rings. The molecule has 0 saturated heterocycles. The van der Waals surface area contributed by atoms with Crippen molar-refractivity contribution in [3.8, 4) is 11.4 Å². The molecule has 0 atom stereocenters. The summed E-state index contributed by atoms with van der Waals surface area (Å²) in [5.74, 6) is 1.45. The van der Waals surface area contributed by atoms with Crippen LogP contribution in [0.5, 0.6) is 0 Å². The van der Waals surface area contributed by atoms with Gasteiger partial charge in [-0.15, -0.1) is 15.3 Å². The van der Waals surface area contributed by atoms with E-state index in [0.717, 1.165) is 54.0 Å². The number of aryl methyl sites for hydroxylation is 1. The number of fused-ring (bicyclic) bond motifs is 1. The summed E-state index contributed by atoms with van der Waals surface area (Å²) in [6, 6.07) is 9.99. The highest BCUT2D eigenvalue weighted by Gasteiger charge is 2.23. The van der Waals surface area contributed by atoms with Gasteiger partial charge in [-0.2, -0.15) is 4.80 Å². The molecule has 5 rings (SSSR count). The van der Waals surface area contributed by atoms with Crippen molar-refractivity contribution in [3.05, 3.63) is 42.2 Å². The van der Waals surface area contributed by atoms with E-state index in [9.17, 15) is 0 Å². The number of nitrogens with two attached hydrogens (primary N) is 2. The summed E-state index contributed by atoms with van der Waals surface area (Å²) >= 11 is 0. The maximum Gasteiger partial charge on any atom is 0.204 e. The lowest BCUT2D eigenvalue weighted by molar-refractivity contribution is 0.391. The summed E-state index contributed by atoms with van der Waals surface area (Å²) < 4.78 is 1.77. The van der Waals surface area contributed by atoms with Crippen LogP contribution in [0.3, 0.4) is 0 Å². The van der Waals surface area contributed by atoms with E-state index < -0.39 is 0 Å². The van der Waals surface area contributed by atoms with Gasteiger partial charge in [0, 0.05) is 29.3 Å². The third kappa shape index (κ3) is 3.93. The summed E-state index contributed by atoms with van der Waals surface area (Å²) in [7, 11) is 0. The number of aromatic nitrogens is 7. The molecular formula is C21H26N10. The summed E-state index contributed by atoms with van der Waals surface area (Å²) in [6.07, 6.45) is 6.17. The van der Waals surface area contributed by atoms with Crippen molar-refractivity contribution in [2.45, 2.75) is 51.1 Å². The van der Waals surface area contributed by atoms with Crippen LogP contribution in [0, 0.1) is 0 Å². The standard InChI is InChI=1S/C21H26N10/c1-2-31-28-20(26-29-31)14-5-9-16(10-6-14)24-17-11-19(23)27-30-12-18(25-21(17)30)13-3-7-15(22)8-4-13/h5-6,9-13,15,24H,2-4,7-8,22H2,1H3,(H2,23,27). The molecule has 10 nitrogen and oxygen atoms in total. The molecule has 160 valence electrons. The quantitative estimate of drug-likeness (QED) is 0.450. The number of nitrogens with one attached hydrogen (secondary N) is 1. The Kier molecular flexibility index (Phi) is 4.99. The zero-order valence-corrected chi connectivity index (χ0v) is 17.4. The van der Waals surface area contributed by atoms with Crippen LogP contribution in [-0.4, -0.2) is 40.8 Å². The molecule has 31 heavy (non-hydrogen) atoms. The lowest BCUT2D eigenvalue weighted by Crippen LogP contribution is -2.25. The van der Waals surface area contributed by atoms with E-state index in [1.165, 1.54) is 0 Å². The van der Waals surface area contributed by atoms with E-state index in [1.807, 2.05) is 43.5 Å². The minimum Gasteiger partial charge on any atom is -0.382 e. The maximum absolute atomic E-state index is 6.06. The van der Waals surface area contributed by atoms with Crippen molar-refractivity contribution >= 4 is 22.8 Å². The van der Waals surface area contributed by atoms with E-state index in [2.05, 4.69) is 25.8 Å². The highest BCUT2D eigenvalue weighted by molar-refractivity contribution is 5.76. The van der Waals surface area contributed by atoms with E-state index in [1.54, 1.807) is 9.31 Å². The van der Waals surface area contributed by atoms with Crippen LogP contribution in [0.4, 0.5) is 17.2 Å². The molecular weight excluding hydrogens is 392 g/mol. The fraction of sp³-hybridized carbons (Fsp3) is 0.381. The molecule has 1 saturated carbocycles. The predicted molar refractivity (Wildman–Crippen MR) is 119 cm³/mol. The highest BCUT2D eigenvalue weighted by Crippen LogP contribution is 2.33. The van der Waals surface area contributed by atoms with Gasteiger partial charge >= 0.3 is 0 Å². The summed E-state index contributed by atoms with van der Waals surface area (Å²) in [6.45, 7) is 2.66. The zero-order chi connectivity index (χ0) is 21.4. The second-order valence-electron chi connectivity index (χ2n) is 8.03. The molecule has 1 aliphatic carbocycles. The van der Waals surface area contributed by atoms with Gasteiger partial charge in [0.2, 0.25) is 5.82 Å². The molecule has 0 radical (unpaired) electrons. The van der Waals surface area contributed by atoms with Crippen LogP contribution < -0.4 is 16.8 Å². The molecule has 1 aliphatic rings. The third-order valence-electron chi connectivity index (χ3n) is 5.81. The lowest BCUT2D eigenvalue weighted by Gasteiger charge is -2.24. The van der Waals surface area contributed by atoms with E-state index in [0.29, 0.717) is 30.1 Å². The van der Waals surface area contributed by atoms with Crippen molar-refractivity contribution in [2.24, 2.45) is 5.73 Å². The Morgan fingerprint density at radius 2 is 1.87 bits per heavy atom. The maximum atomic E-state index is 6.06. The number of nitrogens with zero attached hydrogens (tertiary/aromatic N) is 7. The average Bonchev–Trinajstić information content (AvgIpc) is 3.42. The van der Waals surface area contributed by atoms with Crippen molar-refractivity contribution < 1.29 is 0 Å². The van der Waals surface area contributed by atoms with Crippen molar-refractivity contribution in [2.75, 3.05) is 11.1 Å². The molecule has 0 bridgehead atoms. The van der Waals surface area contributed by atoms with E-state index in [4.69, 9.17) is 16.5 Å². The summed E-state index contributed by atoms with van der Waals surface area (Å²) in [4.78, 5) is 6.45. The van der Waals surface area contributed by atoms with Gasteiger partial charge in [-0.3, -0.25) is 0 Å². The second-order valence-corrected chi connectivity index (χ2v) is 8.03. The summed E-state index contributed by atoms with van der Waals surface area (Å²) in [5.41, 5.74) is 16.6. The average molecular weight is 419 g/mol. The Morgan fingerprint density at radius 3 is 2.58 bits per heavy atom. The summed E-state index contributed by atoms with van der Waals surface area (Å²) in [5, 5.41) is 20.3. The number of hydrogen-bond acceptors (Lipinski definition) is 8. The SMILES string of the molecule is CCn1nnc(-c2ccc(Nc3cc(N)nn4cc(C5CCC(N)CC5)nc34)cc2)n1. The predicted octanol–water partition coefficient (Wildman–Crippen LogP) is 2.71. The normalized spacial score (nSPS) is 19.0. The van der Waals surface area contributed by atoms with Crippen LogP contribution in [0.1, 0.15) is 44.2 Å². The number of tetrazole rings is 1. The Balaban J connectivity index is 1.40. The Labute approximate surface area is 179 Å². The van der Waals surface area contributed by atoms with Crippen LogP contribution in [-0.2, 0) is 6.54 Å². The van der Waals surface area contributed by atoms with Gasteiger partial charge in [0.1, 0.15) is 5.82 Å². The molecule has 3 aromatic heterocycles. The van der Waals surface area contributed by atoms with Crippen LogP contribution in [0.25, 0.3) is 17.0 Å². The van der Waals surface area contributed by atoms with Gasteiger partial charge < -0.3 is 16.8 Å². The Morgan fingerprint density at radius 1 is 1.10 bits per heavy atom. The van der Waals surface area contributed by atoms with Crippen molar-refractivity contribution in [1.29, 1.82) is 0 Å². The van der Waals surface area contributed by atoms with E-state index in [-0.39, 0.29) is 0 Å². The molecule has 0 amide bonds. The highest BCUT2D eigenvalue weighted by atomic mass is 15.6. The number of nitrogen functional groups attached to an aromatic ring is 1. The third-order valence-corrected chi connectivity index (χ3v) is 5.81. The van der Waals surface area contributed by atoms with Crippen molar-refractivity contribution in [1.82, 2.24) is 34.8 Å². The fourth-order valence-corrected chi connectivity index (χ4v) is 4.07. The zero-order valence-electron chi connectivity index (χ0n) is 17.4. The smallest absolute Gasteiger partial charge is 0.204 e. The molecule has 0 spiro atoms. The van der Waals surface area contributed by atoms with Crippen LogP contribution >= 0.6 is 0 Å². The fourth-order valence-electron chi connectivity index (χ4n) is 4.07. The Hall–Kier alpha value is -3.53. The number of benzene rings is 1. The number of anilines is 3. The number of hydrogen-bond donors (Lipinski definition) is 3. The van der Waals surface area contributed by atoms with Gasteiger partial charge in [0.15, 0.2) is 5.65 Å². The van der Waals surface area contributed by atoms with Gasteiger partial charge in [0.25, 0.3) is 0 Å². The molecule has 10 heteroatoms. The van der Waals surface area contributed by atoms with Gasteiger partial charge in [-0.1, -0.05) is 0 Å². The number of rotatable bonds is 5. The Bertz CT molecular complexity index is 1180. The van der Waals surface area contributed by atoms with Crippen LogP contribution in [0.2, 0.25) is 0 Å². The minimum atomic E-state index is 0.309. The first-order chi connectivity index (χ1) is 15.1.